The first-order chi connectivity index (χ1) is 18.6. The van der Waals surface area contributed by atoms with Gasteiger partial charge in [-0.25, -0.2) is 9.59 Å². The van der Waals surface area contributed by atoms with E-state index in [9.17, 15) is 14.7 Å². The molecule has 7 nitrogen and oxygen atoms in total. The van der Waals surface area contributed by atoms with Crippen molar-refractivity contribution in [2.75, 3.05) is 0 Å². The van der Waals surface area contributed by atoms with Crippen molar-refractivity contribution in [3.63, 3.8) is 0 Å². The van der Waals surface area contributed by atoms with Gasteiger partial charge in [-0.2, -0.15) is 0 Å². The van der Waals surface area contributed by atoms with Crippen LogP contribution in [0.5, 0.6) is 11.5 Å². The molecule has 38 heavy (non-hydrogen) atoms. The van der Waals surface area contributed by atoms with Crippen molar-refractivity contribution in [1.82, 2.24) is 5.32 Å². The van der Waals surface area contributed by atoms with E-state index in [0.717, 1.165) is 16.7 Å². The number of rotatable bonds is 11. The molecule has 0 atom stereocenters. The molecule has 2 N–H and O–H groups in total. The summed E-state index contributed by atoms with van der Waals surface area (Å²) >= 11 is 0. The second-order valence-corrected chi connectivity index (χ2v) is 8.30. The third kappa shape index (κ3) is 7.99. The van der Waals surface area contributed by atoms with E-state index in [-0.39, 0.29) is 18.9 Å². The highest BCUT2D eigenvalue weighted by Gasteiger charge is 2.15. The van der Waals surface area contributed by atoms with Gasteiger partial charge in [0.05, 0.1) is 0 Å². The van der Waals surface area contributed by atoms with Crippen molar-refractivity contribution < 1.29 is 28.9 Å². The number of carboxylic acid groups (broad SMARTS) is 1. The highest BCUT2D eigenvalue weighted by molar-refractivity contribution is 5.96. The predicted molar refractivity (Wildman–Crippen MR) is 143 cm³/mol. The summed E-state index contributed by atoms with van der Waals surface area (Å²) in [5.41, 5.74) is 2.83. The van der Waals surface area contributed by atoms with Crippen molar-refractivity contribution in [2.45, 2.75) is 19.8 Å². The van der Waals surface area contributed by atoms with Crippen LogP contribution in [0, 0.1) is 0 Å². The molecule has 0 aliphatic carbocycles. The fourth-order valence-electron chi connectivity index (χ4n) is 3.50. The number of ether oxygens (including phenoxy) is 3. The summed E-state index contributed by atoms with van der Waals surface area (Å²) in [4.78, 5) is 24.2. The van der Waals surface area contributed by atoms with Crippen LogP contribution in [0.25, 0.3) is 6.08 Å². The molecule has 0 aliphatic heterocycles. The molecule has 0 unspecified atom stereocenters. The summed E-state index contributed by atoms with van der Waals surface area (Å²) in [5.74, 6) is -0.362. The van der Waals surface area contributed by atoms with Crippen LogP contribution < -0.4 is 14.8 Å². The van der Waals surface area contributed by atoms with Crippen LogP contribution >= 0.6 is 0 Å². The topological polar surface area (TPSA) is 94.1 Å². The Labute approximate surface area is 220 Å². The summed E-state index contributed by atoms with van der Waals surface area (Å²) in [6, 6.07) is 33.5. The van der Waals surface area contributed by atoms with Crippen molar-refractivity contribution in [3.8, 4) is 11.5 Å². The molecule has 4 rings (SSSR count). The second kappa shape index (κ2) is 13.3. The summed E-state index contributed by atoms with van der Waals surface area (Å²) in [6.45, 7) is 0.639. The van der Waals surface area contributed by atoms with Crippen LogP contribution in [-0.4, -0.2) is 17.2 Å². The van der Waals surface area contributed by atoms with E-state index in [4.69, 9.17) is 14.2 Å². The standard InChI is InChI=1S/C31H27NO6/c33-30(34)28(32-31(35)38-22-25-14-8-3-9-15-25)18-26-16-17-27(36-20-23-10-4-1-5-11-23)19-29(26)37-21-24-12-6-2-7-13-24/h1-19H,20-22H2,(H,32,35)(H,33,34)/b28-18+. The Bertz CT molecular complexity index is 1370. The Morgan fingerprint density at radius 1 is 0.684 bits per heavy atom. The molecule has 0 heterocycles. The van der Waals surface area contributed by atoms with Crippen LogP contribution in [0.4, 0.5) is 4.79 Å². The zero-order chi connectivity index (χ0) is 26.6. The van der Waals surface area contributed by atoms with Crippen LogP contribution in [0.1, 0.15) is 22.3 Å². The SMILES string of the molecule is O=C(N/C(=C/c1ccc(OCc2ccccc2)cc1OCc1ccccc1)C(=O)O)OCc1ccccc1. The molecule has 0 saturated heterocycles. The van der Waals surface area contributed by atoms with E-state index in [1.54, 1.807) is 30.3 Å². The van der Waals surface area contributed by atoms with Crippen molar-refractivity contribution in [3.05, 3.63) is 137 Å². The lowest BCUT2D eigenvalue weighted by atomic mass is 10.1. The monoisotopic (exact) mass is 509 g/mol. The second-order valence-electron chi connectivity index (χ2n) is 8.30. The third-order valence-corrected chi connectivity index (χ3v) is 5.45. The molecule has 1 amide bonds. The lowest BCUT2D eigenvalue weighted by Gasteiger charge is -2.14. The summed E-state index contributed by atoms with van der Waals surface area (Å²) < 4.78 is 17.1. The van der Waals surface area contributed by atoms with Gasteiger partial charge < -0.3 is 19.3 Å². The minimum Gasteiger partial charge on any atom is -0.489 e. The lowest BCUT2D eigenvalue weighted by molar-refractivity contribution is -0.132. The Kier molecular flexibility index (Phi) is 9.12. The first kappa shape index (κ1) is 26.0. The average molecular weight is 510 g/mol. The number of amides is 1. The van der Waals surface area contributed by atoms with Gasteiger partial charge in [0.25, 0.3) is 0 Å². The van der Waals surface area contributed by atoms with Gasteiger partial charge in [0, 0.05) is 11.6 Å². The number of carbonyl (C=O) groups excluding carboxylic acids is 1. The minimum atomic E-state index is -1.32. The summed E-state index contributed by atoms with van der Waals surface area (Å²) in [5, 5.41) is 12.0. The molecule has 4 aromatic carbocycles. The Hall–Kier alpha value is -5.04. The molecular formula is C31H27NO6. The van der Waals surface area contributed by atoms with Gasteiger partial charge in [-0.1, -0.05) is 91.0 Å². The largest absolute Gasteiger partial charge is 0.489 e. The highest BCUT2D eigenvalue weighted by atomic mass is 16.5. The molecule has 0 aliphatic rings. The normalized spacial score (nSPS) is 10.9. The van der Waals surface area contributed by atoms with Gasteiger partial charge >= 0.3 is 12.1 Å². The predicted octanol–water partition coefficient (Wildman–Crippen LogP) is 6.20. The average Bonchev–Trinajstić information content (AvgIpc) is 2.96. The van der Waals surface area contributed by atoms with E-state index >= 15 is 0 Å². The van der Waals surface area contributed by atoms with E-state index in [2.05, 4.69) is 5.32 Å². The van der Waals surface area contributed by atoms with Gasteiger partial charge in [-0.3, -0.25) is 5.32 Å². The maximum atomic E-state index is 12.3. The van der Waals surface area contributed by atoms with E-state index < -0.39 is 12.1 Å². The maximum Gasteiger partial charge on any atom is 0.412 e. The fourth-order valence-corrected chi connectivity index (χ4v) is 3.50. The molecule has 192 valence electrons. The molecule has 0 bridgehead atoms. The number of benzene rings is 4. The number of hydrogen-bond donors (Lipinski definition) is 2. The molecule has 0 aromatic heterocycles. The number of hydrogen-bond acceptors (Lipinski definition) is 5. The Balaban J connectivity index is 1.52. The van der Waals surface area contributed by atoms with Crippen LogP contribution in [0.2, 0.25) is 0 Å². The Morgan fingerprint density at radius 2 is 1.21 bits per heavy atom. The highest BCUT2D eigenvalue weighted by Crippen LogP contribution is 2.28. The van der Waals surface area contributed by atoms with Gasteiger partial charge in [0.2, 0.25) is 0 Å². The maximum absolute atomic E-state index is 12.3. The van der Waals surface area contributed by atoms with Crippen molar-refractivity contribution in [1.29, 1.82) is 0 Å². The molecule has 0 radical (unpaired) electrons. The van der Waals surface area contributed by atoms with E-state index in [1.807, 2.05) is 78.9 Å². The van der Waals surface area contributed by atoms with Crippen LogP contribution in [-0.2, 0) is 29.4 Å². The first-order valence-corrected chi connectivity index (χ1v) is 12.0. The summed E-state index contributed by atoms with van der Waals surface area (Å²) in [7, 11) is 0. The van der Waals surface area contributed by atoms with Gasteiger partial charge in [0.1, 0.15) is 37.0 Å². The number of carboxylic acids is 1. The Morgan fingerprint density at radius 3 is 1.76 bits per heavy atom. The lowest BCUT2D eigenvalue weighted by Crippen LogP contribution is -2.27. The number of aliphatic carboxylic acids is 1. The molecule has 7 heteroatoms. The van der Waals surface area contributed by atoms with E-state index in [0.29, 0.717) is 23.7 Å². The third-order valence-electron chi connectivity index (χ3n) is 5.45. The molecule has 0 spiro atoms. The van der Waals surface area contributed by atoms with Crippen LogP contribution in [0.3, 0.4) is 0 Å². The molecule has 0 fully saturated rings. The smallest absolute Gasteiger partial charge is 0.412 e. The van der Waals surface area contributed by atoms with Gasteiger partial charge in [-0.15, -0.1) is 0 Å². The number of alkyl carbamates (subject to hydrolysis) is 1. The first-order valence-electron chi connectivity index (χ1n) is 12.0. The van der Waals surface area contributed by atoms with Gasteiger partial charge in [-0.05, 0) is 34.9 Å². The van der Waals surface area contributed by atoms with E-state index in [1.165, 1.54) is 6.08 Å². The minimum absolute atomic E-state index is 0.0124. The molecular weight excluding hydrogens is 482 g/mol. The van der Waals surface area contributed by atoms with Gasteiger partial charge in [0.15, 0.2) is 0 Å². The summed E-state index contributed by atoms with van der Waals surface area (Å²) in [6.07, 6.45) is 0.449. The number of carbonyl (C=O) groups is 2. The fraction of sp³-hybridized carbons (Fsp3) is 0.0968. The zero-order valence-electron chi connectivity index (χ0n) is 20.6. The van der Waals surface area contributed by atoms with Crippen molar-refractivity contribution >= 4 is 18.1 Å². The quantitative estimate of drug-likeness (QED) is 0.234. The number of nitrogens with one attached hydrogen (secondary N) is 1. The van der Waals surface area contributed by atoms with Crippen LogP contribution in [0.15, 0.2) is 115 Å². The van der Waals surface area contributed by atoms with Crippen molar-refractivity contribution in [2.24, 2.45) is 0 Å². The molecule has 0 saturated carbocycles. The molecule has 4 aromatic rings. The zero-order valence-corrected chi connectivity index (χ0v) is 20.6.